The first-order valence-corrected chi connectivity index (χ1v) is 5.47. The van der Waals surface area contributed by atoms with Crippen molar-refractivity contribution in [1.82, 2.24) is 9.44 Å². The van der Waals surface area contributed by atoms with Crippen LogP contribution in [0.2, 0.25) is 0 Å². The number of hydrogen-bond acceptors (Lipinski definition) is 3. The molecule has 0 aromatic rings. The van der Waals surface area contributed by atoms with E-state index in [1.54, 1.807) is 6.92 Å². The molecule has 4 N–H and O–H groups in total. The fourth-order valence-corrected chi connectivity index (χ4v) is 1.77. The molecule has 0 aliphatic carbocycles. The maximum Gasteiger partial charge on any atom is 0.277 e. The summed E-state index contributed by atoms with van der Waals surface area (Å²) in [6, 6.07) is -0.223. The van der Waals surface area contributed by atoms with E-state index < -0.39 is 10.2 Å². The minimum Gasteiger partial charge on any atom is -0.329 e. The van der Waals surface area contributed by atoms with Crippen LogP contribution >= 0.6 is 0 Å². The first-order chi connectivity index (χ1) is 5.52. The monoisotopic (exact) mass is 195 g/mol. The zero-order valence-corrected chi connectivity index (χ0v) is 8.32. The molecule has 1 unspecified atom stereocenters. The van der Waals surface area contributed by atoms with E-state index in [0.717, 1.165) is 6.42 Å². The molecule has 6 heteroatoms. The number of rotatable bonds is 6. The summed E-state index contributed by atoms with van der Waals surface area (Å²) in [4.78, 5) is 0. The quantitative estimate of drug-likeness (QED) is 0.517. The van der Waals surface area contributed by atoms with Crippen molar-refractivity contribution < 1.29 is 8.42 Å². The second-order valence-electron chi connectivity index (χ2n) is 2.65. The molecule has 0 saturated heterocycles. The van der Waals surface area contributed by atoms with Crippen molar-refractivity contribution in [3.8, 4) is 0 Å². The van der Waals surface area contributed by atoms with Crippen LogP contribution in [0.15, 0.2) is 0 Å². The summed E-state index contributed by atoms with van der Waals surface area (Å²) >= 11 is 0. The summed E-state index contributed by atoms with van der Waals surface area (Å²) < 4.78 is 26.9. The molecule has 74 valence electrons. The van der Waals surface area contributed by atoms with Gasteiger partial charge in [-0.2, -0.15) is 13.1 Å². The van der Waals surface area contributed by atoms with Gasteiger partial charge in [-0.1, -0.05) is 6.92 Å². The van der Waals surface area contributed by atoms with Crippen LogP contribution in [0.4, 0.5) is 0 Å². The minimum absolute atomic E-state index is 0.223. The van der Waals surface area contributed by atoms with Gasteiger partial charge in [0, 0.05) is 19.1 Å². The van der Waals surface area contributed by atoms with Crippen LogP contribution in [0.1, 0.15) is 20.3 Å². The highest BCUT2D eigenvalue weighted by molar-refractivity contribution is 7.87. The Labute approximate surface area is 73.9 Å². The Balaban J connectivity index is 3.88. The van der Waals surface area contributed by atoms with Gasteiger partial charge >= 0.3 is 0 Å². The maximum atomic E-state index is 11.1. The molecular formula is C6H17N3O2S. The molecule has 0 aliphatic heterocycles. The van der Waals surface area contributed by atoms with Crippen molar-refractivity contribution >= 4 is 10.2 Å². The van der Waals surface area contributed by atoms with E-state index in [0.29, 0.717) is 13.1 Å². The molecule has 0 radical (unpaired) electrons. The fourth-order valence-electron chi connectivity index (χ4n) is 0.591. The van der Waals surface area contributed by atoms with Gasteiger partial charge in [0.25, 0.3) is 10.2 Å². The Hall–Kier alpha value is -0.170. The number of hydrogen-bond donors (Lipinski definition) is 3. The highest BCUT2D eigenvalue weighted by Crippen LogP contribution is 1.83. The van der Waals surface area contributed by atoms with Crippen LogP contribution in [0.5, 0.6) is 0 Å². The highest BCUT2D eigenvalue weighted by Gasteiger charge is 2.10. The van der Waals surface area contributed by atoms with E-state index in [-0.39, 0.29) is 6.04 Å². The molecule has 1 atom stereocenters. The Kier molecular flexibility index (Phi) is 5.39. The molecule has 0 bridgehead atoms. The summed E-state index contributed by atoms with van der Waals surface area (Å²) in [5, 5.41) is 0. The van der Waals surface area contributed by atoms with Gasteiger partial charge < -0.3 is 5.73 Å². The summed E-state index contributed by atoms with van der Waals surface area (Å²) in [5.74, 6) is 0. The van der Waals surface area contributed by atoms with Crippen molar-refractivity contribution in [3.63, 3.8) is 0 Å². The van der Waals surface area contributed by atoms with E-state index >= 15 is 0 Å². The Morgan fingerprint density at radius 3 is 2.50 bits per heavy atom. The highest BCUT2D eigenvalue weighted by atomic mass is 32.2. The normalized spacial score (nSPS) is 14.6. The molecule has 0 aromatic carbocycles. The van der Waals surface area contributed by atoms with Crippen LogP contribution in [-0.4, -0.2) is 27.5 Å². The van der Waals surface area contributed by atoms with Crippen LogP contribution < -0.4 is 15.2 Å². The standard InChI is InChI=1S/C6H17N3O2S/c1-3-4-8-12(10,11)9-6(2)5-7/h6,8-9H,3-5,7H2,1-2H3. The third kappa shape index (κ3) is 5.48. The second-order valence-corrected chi connectivity index (χ2v) is 4.18. The molecule has 0 spiro atoms. The summed E-state index contributed by atoms with van der Waals surface area (Å²) in [7, 11) is -3.34. The average molecular weight is 195 g/mol. The van der Waals surface area contributed by atoms with Gasteiger partial charge in [-0.15, -0.1) is 0 Å². The van der Waals surface area contributed by atoms with Gasteiger partial charge in [0.1, 0.15) is 0 Å². The largest absolute Gasteiger partial charge is 0.329 e. The second kappa shape index (κ2) is 5.47. The van der Waals surface area contributed by atoms with Gasteiger partial charge in [-0.05, 0) is 13.3 Å². The van der Waals surface area contributed by atoms with E-state index in [9.17, 15) is 8.42 Å². The molecule has 12 heavy (non-hydrogen) atoms. The fraction of sp³-hybridized carbons (Fsp3) is 1.00. The third-order valence-corrected chi connectivity index (χ3v) is 2.55. The molecule has 0 aliphatic rings. The predicted octanol–water partition coefficient (Wildman–Crippen LogP) is -0.832. The number of nitrogens with one attached hydrogen (secondary N) is 2. The molecular weight excluding hydrogens is 178 g/mol. The Morgan fingerprint density at radius 1 is 1.50 bits per heavy atom. The zero-order valence-electron chi connectivity index (χ0n) is 7.50. The minimum atomic E-state index is -3.34. The third-order valence-electron chi connectivity index (χ3n) is 1.25. The van der Waals surface area contributed by atoms with Gasteiger partial charge in [-0.3, -0.25) is 0 Å². The molecule has 0 rings (SSSR count). The summed E-state index contributed by atoms with van der Waals surface area (Å²) in [6.07, 6.45) is 0.776. The molecule has 0 aromatic heterocycles. The lowest BCUT2D eigenvalue weighted by Gasteiger charge is -2.11. The van der Waals surface area contributed by atoms with Crippen molar-refractivity contribution in [1.29, 1.82) is 0 Å². The van der Waals surface area contributed by atoms with Crippen LogP contribution in [-0.2, 0) is 10.2 Å². The zero-order chi connectivity index (χ0) is 9.61. The van der Waals surface area contributed by atoms with E-state index in [1.165, 1.54) is 0 Å². The van der Waals surface area contributed by atoms with Crippen molar-refractivity contribution in [2.24, 2.45) is 5.73 Å². The Morgan fingerprint density at radius 2 is 2.08 bits per heavy atom. The Bertz CT molecular complexity index is 203. The molecule has 0 amide bonds. The molecule has 0 heterocycles. The van der Waals surface area contributed by atoms with Gasteiger partial charge in [0.15, 0.2) is 0 Å². The molecule has 5 nitrogen and oxygen atoms in total. The smallest absolute Gasteiger partial charge is 0.277 e. The van der Waals surface area contributed by atoms with Gasteiger partial charge in [0.05, 0.1) is 0 Å². The number of nitrogens with two attached hydrogens (primary N) is 1. The van der Waals surface area contributed by atoms with E-state index in [2.05, 4.69) is 9.44 Å². The maximum absolute atomic E-state index is 11.1. The SMILES string of the molecule is CCCNS(=O)(=O)NC(C)CN. The van der Waals surface area contributed by atoms with Gasteiger partial charge in [0.2, 0.25) is 0 Å². The predicted molar refractivity (Wildman–Crippen MR) is 48.9 cm³/mol. The topological polar surface area (TPSA) is 84.2 Å². The van der Waals surface area contributed by atoms with Crippen LogP contribution in [0, 0.1) is 0 Å². The summed E-state index contributed by atoms with van der Waals surface area (Å²) in [5.41, 5.74) is 5.25. The first kappa shape index (κ1) is 11.8. The lowest BCUT2D eigenvalue weighted by atomic mass is 10.4. The van der Waals surface area contributed by atoms with Gasteiger partial charge in [-0.25, -0.2) is 4.72 Å². The van der Waals surface area contributed by atoms with Crippen LogP contribution in [0.3, 0.4) is 0 Å². The van der Waals surface area contributed by atoms with Crippen molar-refractivity contribution in [2.75, 3.05) is 13.1 Å². The average Bonchev–Trinajstić information content (AvgIpc) is 2.00. The van der Waals surface area contributed by atoms with Crippen LogP contribution in [0.25, 0.3) is 0 Å². The van der Waals surface area contributed by atoms with Crippen molar-refractivity contribution in [3.05, 3.63) is 0 Å². The molecule has 0 fully saturated rings. The van der Waals surface area contributed by atoms with E-state index in [4.69, 9.17) is 5.73 Å². The van der Waals surface area contributed by atoms with Crippen molar-refractivity contribution in [2.45, 2.75) is 26.3 Å². The summed E-state index contributed by atoms with van der Waals surface area (Å²) in [6.45, 7) is 4.36. The molecule has 0 saturated carbocycles. The lowest BCUT2D eigenvalue weighted by Crippen LogP contribution is -2.44. The first-order valence-electron chi connectivity index (χ1n) is 3.98. The lowest BCUT2D eigenvalue weighted by molar-refractivity contribution is 0.548. The van der Waals surface area contributed by atoms with E-state index in [1.807, 2.05) is 6.92 Å².